The highest BCUT2D eigenvalue weighted by atomic mass is 16.1. The van der Waals surface area contributed by atoms with E-state index < -0.39 is 0 Å². The van der Waals surface area contributed by atoms with Crippen molar-refractivity contribution in [3.05, 3.63) is 29.8 Å². The van der Waals surface area contributed by atoms with Gasteiger partial charge in [0.2, 0.25) is 5.91 Å². The summed E-state index contributed by atoms with van der Waals surface area (Å²) in [6, 6.07) is 8.08. The van der Waals surface area contributed by atoms with Crippen LogP contribution in [0.2, 0.25) is 0 Å². The molecular weight excluding hydrogens is 188 g/mol. The van der Waals surface area contributed by atoms with E-state index >= 15 is 0 Å². The van der Waals surface area contributed by atoms with E-state index in [9.17, 15) is 4.79 Å². The summed E-state index contributed by atoms with van der Waals surface area (Å²) in [6.45, 7) is 6.36. The summed E-state index contributed by atoms with van der Waals surface area (Å²) in [5.74, 6) is -0.00185. The Balaban J connectivity index is 2.48. The first-order chi connectivity index (χ1) is 7.09. The smallest absolute Gasteiger partial charge is 0.238 e. The number of hydrogen-bond donors (Lipinski definition) is 2. The van der Waals surface area contributed by atoms with Gasteiger partial charge >= 0.3 is 0 Å². The maximum Gasteiger partial charge on any atom is 0.238 e. The average molecular weight is 206 g/mol. The number of hydrogen-bond acceptors (Lipinski definition) is 2. The SMILES string of the molecule is Cc1ccccc1NC(=O)CNC(C)C. The molecule has 0 saturated heterocycles. The average Bonchev–Trinajstić information content (AvgIpc) is 2.18. The van der Waals surface area contributed by atoms with E-state index in [4.69, 9.17) is 0 Å². The Morgan fingerprint density at radius 2 is 2.00 bits per heavy atom. The summed E-state index contributed by atoms with van der Waals surface area (Å²) >= 11 is 0. The number of para-hydroxylation sites is 1. The van der Waals surface area contributed by atoms with Crippen LogP contribution in [0.15, 0.2) is 24.3 Å². The van der Waals surface area contributed by atoms with Gasteiger partial charge < -0.3 is 10.6 Å². The van der Waals surface area contributed by atoms with Crippen molar-refractivity contribution >= 4 is 11.6 Å². The molecule has 3 nitrogen and oxygen atoms in total. The van der Waals surface area contributed by atoms with Gasteiger partial charge in [-0.05, 0) is 18.6 Å². The zero-order chi connectivity index (χ0) is 11.3. The molecular formula is C12H18N2O. The van der Waals surface area contributed by atoms with Crippen LogP contribution in [0.5, 0.6) is 0 Å². The minimum Gasteiger partial charge on any atom is -0.325 e. The number of carbonyl (C=O) groups excluding carboxylic acids is 1. The van der Waals surface area contributed by atoms with Crippen LogP contribution >= 0.6 is 0 Å². The molecule has 3 heteroatoms. The maximum atomic E-state index is 11.5. The van der Waals surface area contributed by atoms with Crippen LogP contribution in [-0.4, -0.2) is 18.5 Å². The van der Waals surface area contributed by atoms with Gasteiger partial charge in [-0.15, -0.1) is 0 Å². The molecule has 0 unspecified atom stereocenters. The monoisotopic (exact) mass is 206 g/mol. The van der Waals surface area contributed by atoms with Gasteiger partial charge in [0.05, 0.1) is 6.54 Å². The van der Waals surface area contributed by atoms with Gasteiger partial charge in [0.1, 0.15) is 0 Å². The molecule has 0 aliphatic rings. The van der Waals surface area contributed by atoms with Crippen LogP contribution in [0.25, 0.3) is 0 Å². The molecule has 0 aliphatic carbocycles. The lowest BCUT2D eigenvalue weighted by Gasteiger charge is -2.10. The lowest BCUT2D eigenvalue weighted by Crippen LogP contribution is -2.32. The van der Waals surface area contributed by atoms with Crippen LogP contribution in [0.4, 0.5) is 5.69 Å². The van der Waals surface area contributed by atoms with Crippen LogP contribution in [-0.2, 0) is 4.79 Å². The fourth-order valence-electron chi connectivity index (χ4n) is 1.20. The lowest BCUT2D eigenvalue weighted by molar-refractivity contribution is -0.115. The molecule has 2 N–H and O–H groups in total. The van der Waals surface area contributed by atoms with Crippen molar-refractivity contribution in [2.75, 3.05) is 11.9 Å². The molecule has 1 aromatic carbocycles. The zero-order valence-electron chi connectivity index (χ0n) is 9.50. The lowest BCUT2D eigenvalue weighted by atomic mass is 10.2. The number of rotatable bonds is 4. The van der Waals surface area contributed by atoms with Crippen LogP contribution in [0, 0.1) is 6.92 Å². The normalized spacial score (nSPS) is 10.4. The van der Waals surface area contributed by atoms with E-state index in [1.54, 1.807) is 0 Å². The number of carbonyl (C=O) groups is 1. The molecule has 15 heavy (non-hydrogen) atoms. The molecule has 0 aliphatic heterocycles. The molecule has 1 rings (SSSR count). The molecule has 1 amide bonds. The van der Waals surface area contributed by atoms with E-state index in [0.717, 1.165) is 11.3 Å². The van der Waals surface area contributed by atoms with E-state index in [2.05, 4.69) is 10.6 Å². The highest BCUT2D eigenvalue weighted by Gasteiger charge is 2.04. The van der Waals surface area contributed by atoms with Crippen molar-refractivity contribution in [3.8, 4) is 0 Å². The minimum atomic E-state index is -0.00185. The highest BCUT2D eigenvalue weighted by molar-refractivity contribution is 5.92. The predicted molar refractivity (Wildman–Crippen MR) is 62.9 cm³/mol. The first-order valence-corrected chi connectivity index (χ1v) is 5.18. The third kappa shape index (κ3) is 4.13. The van der Waals surface area contributed by atoms with Crippen molar-refractivity contribution in [3.63, 3.8) is 0 Å². The van der Waals surface area contributed by atoms with Crippen molar-refractivity contribution < 1.29 is 4.79 Å². The predicted octanol–water partition coefficient (Wildman–Crippen LogP) is 1.93. The first-order valence-electron chi connectivity index (χ1n) is 5.18. The van der Waals surface area contributed by atoms with Crippen LogP contribution in [0.3, 0.4) is 0 Å². The summed E-state index contributed by atoms with van der Waals surface area (Å²) in [5, 5.41) is 5.94. The third-order valence-electron chi connectivity index (χ3n) is 2.09. The minimum absolute atomic E-state index is 0.00185. The van der Waals surface area contributed by atoms with Gasteiger partial charge in [0, 0.05) is 11.7 Å². The molecule has 1 aromatic rings. The number of aryl methyl sites for hydroxylation is 1. The molecule has 0 spiro atoms. The van der Waals surface area contributed by atoms with Crippen LogP contribution < -0.4 is 10.6 Å². The molecule has 0 radical (unpaired) electrons. The molecule has 0 bridgehead atoms. The maximum absolute atomic E-state index is 11.5. The highest BCUT2D eigenvalue weighted by Crippen LogP contribution is 2.12. The van der Waals surface area contributed by atoms with E-state index in [1.165, 1.54) is 0 Å². The van der Waals surface area contributed by atoms with Gasteiger partial charge in [0.25, 0.3) is 0 Å². The number of nitrogens with one attached hydrogen (secondary N) is 2. The second kappa shape index (κ2) is 5.51. The third-order valence-corrected chi connectivity index (χ3v) is 2.09. The van der Waals surface area contributed by atoms with Crippen molar-refractivity contribution in [2.45, 2.75) is 26.8 Å². The number of anilines is 1. The molecule has 0 aromatic heterocycles. The van der Waals surface area contributed by atoms with Gasteiger partial charge in [-0.1, -0.05) is 32.0 Å². The summed E-state index contributed by atoms with van der Waals surface area (Å²) in [7, 11) is 0. The van der Waals surface area contributed by atoms with Crippen LogP contribution in [0.1, 0.15) is 19.4 Å². The second-order valence-electron chi connectivity index (χ2n) is 3.90. The fourth-order valence-corrected chi connectivity index (χ4v) is 1.20. The molecule has 0 atom stereocenters. The Morgan fingerprint density at radius 1 is 1.33 bits per heavy atom. The first kappa shape index (κ1) is 11.7. The van der Waals surface area contributed by atoms with Crippen molar-refractivity contribution in [1.82, 2.24) is 5.32 Å². The topological polar surface area (TPSA) is 41.1 Å². The quantitative estimate of drug-likeness (QED) is 0.790. The summed E-state index contributed by atoms with van der Waals surface area (Å²) < 4.78 is 0. The molecule has 0 saturated carbocycles. The fraction of sp³-hybridized carbons (Fsp3) is 0.417. The zero-order valence-corrected chi connectivity index (χ0v) is 9.50. The van der Waals surface area contributed by atoms with Gasteiger partial charge in [0.15, 0.2) is 0 Å². The van der Waals surface area contributed by atoms with Gasteiger partial charge in [-0.2, -0.15) is 0 Å². The summed E-state index contributed by atoms with van der Waals surface area (Å²) in [6.07, 6.45) is 0. The van der Waals surface area contributed by atoms with E-state index in [-0.39, 0.29) is 5.91 Å². The Labute approximate surface area is 90.9 Å². The standard InChI is InChI=1S/C12H18N2O/c1-9(2)13-8-12(15)14-11-7-5-4-6-10(11)3/h4-7,9,13H,8H2,1-3H3,(H,14,15). The van der Waals surface area contributed by atoms with E-state index in [0.29, 0.717) is 12.6 Å². The summed E-state index contributed by atoms with van der Waals surface area (Å²) in [4.78, 5) is 11.5. The van der Waals surface area contributed by atoms with Gasteiger partial charge in [-0.3, -0.25) is 4.79 Å². The van der Waals surface area contributed by atoms with E-state index in [1.807, 2.05) is 45.0 Å². The molecule has 82 valence electrons. The van der Waals surface area contributed by atoms with Crippen molar-refractivity contribution in [1.29, 1.82) is 0 Å². The Kier molecular flexibility index (Phi) is 4.31. The number of amides is 1. The molecule has 0 heterocycles. The molecule has 0 fully saturated rings. The summed E-state index contributed by atoms with van der Waals surface area (Å²) in [5.41, 5.74) is 1.96. The Hall–Kier alpha value is -1.35. The van der Waals surface area contributed by atoms with Gasteiger partial charge in [-0.25, -0.2) is 0 Å². The van der Waals surface area contributed by atoms with Crippen molar-refractivity contribution in [2.24, 2.45) is 0 Å². The Morgan fingerprint density at radius 3 is 2.60 bits per heavy atom. The largest absolute Gasteiger partial charge is 0.325 e. The Bertz CT molecular complexity index is 334. The number of benzene rings is 1. The second-order valence-corrected chi connectivity index (χ2v) is 3.90.